The van der Waals surface area contributed by atoms with Crippen LogP contribution in [0.5, 0.6) is 0 Å². The van der Waals surface area contributed by atoms with Crippen molar-refractivity contribution in [3.63, 3.8) is 0 Å². The number of carbonyl (C=O) groups is 1. The van der Waals surface area contributed by atoms with Crippen LogP contribution in [0.25, 0.3) is 0 Å². The molecular formula is C25H33N3O2. The van der Waals surface area contributed by atoms with Crippen LogP contribution in [0.1, 0.15) is 29.5 Å². The molecule has 1 aliphatic heterocycles. The first-order chi connectivity index (χ1) is 14.7. The second-order valence-corrected chi connectivity index (χ2v) is 8.70. The van der Waals surface area contributed by atoms with Crippen LogP contribution in [-0.2, 0) is 28.8 Å². The van der Waals surface area contributed by atoms with E-state index in [0.29, 0.717) is 31.5 Å². The molecule has 5 heteroatoms. The molecule has 2 aromatic rings. The van der Waals surface area contributed by atoms with Crippen LogP contribution in [0.3, 0.4) is 0 Å². The Labute approximate surface area is 180 Å². The van der Waals surface area contributed by atoms with Crippen molar-refractivity contribution in [1.82, 2.24) is 14.8 Å². The van der Waals surface area contributed by atoms with Gasteiger partial charge in [-0.15, -0.1) is 0 Å². The molecule has 1 aliphatic carbocycles. The summed E-state index contributed by atoms with van der Waals surface area (Å²) in [7, 11) is 1.70. The van der Waals surface area contributed by atoms with Crippen molar-refractivity contribution in [2.45, 2.75) is 38.1 Å². The first-order valence-corrected chi connectivity index (χ1v) is 11.2. The van der Waals surface area contributed by atoms with Crippen molar-refractivity contribution >= 4 is 5.91 Å². The standard InChI is InChI=1S/C25H33N3O2/c1-30-13-12-28(25(29)14-20-6-4-10-26-17-20)19-21-7-5-11-27(18-21)24-15-22-8-2-3-9-23(22)16-24/h2-4,6,8-10,17,21,24H,5,7,11-16,18-19H2,1H3/t21-/m1/s1. The summed E-state index contributed by atoms with van der Waals surface area (Å²) in [6.07, 6.45) is 8.67. The Bertz CT molecular complexity index is 801. The van der Waals surface area contributed by atoms with Crippen molar-refractivity contribution in [1.29, 1.82) is 0 Å². The van der Waals surface area contributed by atoms with E-state index >= 15 is 0 Å². The van der Waals surface area contributed by atoms with E-state index in [1.165, 1.54) is 30.5 Å². The molecule has 0 unspecified atom stereocenters. The van der Waals surface area contributed by atoms with Gasteiger partial charge >= 0.3 is 0 Å². The number of hydrogen-bond donors (Lipinski definition) is 0. The molecule has 4 rings (SSSR count). The van der Waals surface area contributed by atoms with Gasteiger partial charge in [0.1, 0.15) is 0 Å². The number of hydrogen-bond acceptors (Lipinski definition) is 4. The van der Waals surface area contributed by atoms with Crippen molar-refractivity contribution in [3.05, 3.63) is 65.5 Å². The third-order valence-corrected chi connectivity index (χ3v) is 6.57. The maximum absolute atomic E-state index is 13.0. The minimum absolute atomic E-state index is 0.172. The second kappa shape index (κ2) is 10.2. The van der Waals surface area contributed by atoms with Gasteiger partial charge in [0.2, 0.25) is 5.91 Å². The van der Waals surface area contributed by atoms with Gasteiger partial charge in [-0.3, -0.25) is 14.7 Å². The zero-order valence-corrected chi connectivity index (χ0v) is 18.0. The van der Waals surface area contributed by atoms with E-state index in [2.05, 4.69) is 34.1 Å². The maximum atomic E-state index is 13.0. The third kappa shape index (κ3) is 5.27. The Morgan fingerprint density at radius 3 is 2.70 bits per heavy atom. The number of amides is 1. The lowest BCUT2D eigenvalue weighted by Crippen LogP contribution is -2.47. The number of pyridine rings is 1. The van der Waals surface area contributed by atoms with Gasteiger partial charge in [0.05, 0.1) is 13.0 Å². The zero-order chi connectivity index (χ0) is 20.8. The lowest BCUT2D eigenvalue weighted by Gasteiger charge is -2.38. The number of likely N-dealkylation sites (tertiary alicyclic amines) is 1. The van der Waals surface area contributed by atoms with Gasteiger partial charge < -0.3 is 9.64 Å². The molecule has 5 nitrogen and oxygen atoms in total. The molecule has 0 saturated carbocycles. The molecule has 1 atom stereocenters. The van der Waals surface area contributed by atoms with Crippen molar-refractivity contribution < 1.29 is 9.53 Å². The Morgan fingerprint density at radius 1 is 1.20 bits per heavy atom. The predicted molar refractivity (Wildman–Crippen MR) is 118 cm³/mol. The van der Waals surface area contributed by atoms with Crippen LogP contribution in [0.4, 0.5) is 0 Å². The summed E-state index contributed by atoms with van der Waals surface area (Å²) in [6, 6.07) is 13.3. The van der Waals surface area contributed by atoms with Gasteiger partial charge in [-0.05, 0) is 60.9 Å². The summed E-state index contributed by atoms with van der Waals surface area (Å²) >= 11 is 0. The van der Waals surface area contributed by atoms with E-state index in [9.17, 15) is 4.79 Å². The highest BCUT2D eigenvalue weighted by Crippen LogP contribution is 2.29. The molecular weight excluding hydrogens is 374 g/mol. The number of aromatic nitrogens is 1. The van der Waals surface area contributed by atoms with Gasteiger partial charge in [0.15, 0.2) is 0 Å². The molecule has 160 valence electrons. The number of methoxy groups -OCH3 is 1. The lowest BCUT2D eigenvalue weighted by molar-refractivity contribution is -0.132. The summed E-state index contributed by atoms with van der Waals surface area (Å²) in [4.78, 5) is 21.8. The van der Waals surface area contributed by atoms with Crippen LogP contribution in [0, 0.1) is 5.92 Å². The monoisotopic (exact) mass is 407 g/mol. The number of ether oxygens (including phenoxy) is 1. The molecule has 1 amide bonds. The van der Waals surface area contributed by atoms with Gasteiger partial charge in [-0.1, -0.05) is 30.3 Å². The molecule has 2 heterocycles. The van der Waals surface area contributed by atoms with Crippen LogP contribution in [0.15, 0.2) is 48.8 Å². The number of benzene rings is 1. The predicted octanol–water partition coefficient (Wildman–Crippen LogP) is 2.98. The van der Waals surface area contributed by atoms with Gasteiger partial charge in [-0.25, -0.2) is 0 Å². The van der Waals surface area contributed by atoms with Gasteiger partial charge in [0, 0.05) is 45.2 Å². The summed E-state index contributed by atoms with van der Waals surface area (Å²) in [5.74, 6) is 0.697. The van der Waals surface area contributed by atoms with E-state index in [-0.39, 0.29) is 5.91 Å². The summed E-state index contributed by atoms with van der Waals surface area (Å²) in [5, 5.41) is 0. The first-order valence-electron chi connectivity index (χ1n) is 11.2. The topological polar surface area (TPSA) is 45.7 Å². The average Bonchev–Trinajstić information content (AvgIpc) is 3.22. The molecule has 0 N–H and O–H groups in total. The molecule has 2 aliphatic rings. The van der Waals surface area contributed by atoms with E-state index in [4.69, 9.17) is 4.74 Å². The van der Waals surface area contributed by atoms with E-state index < -0.39 is 0 Å². The number of nitrogens with zero attached hydrogens (tertiary/aromatic N) is 3. The Balaban J connectivity index is 1.36. The van der Waals surface area contributed by atoms with Crippen molar-refractivity contribution in [2.24, 2.45) is 5.92 Å². The molecule has 0 bridgehead atoms. The fourth-order valence-electron chi connectivity index (χ4n) is 4.99. The number of fused-ring (bicyclic) bond motifs is 1. The highest BCUT2D eigenvalue weighted by Gasteiger charge is 2.31. The summed E-state index contributed by atoms with van der Waals surface area (Å²) < 4.78 is 5.28. The van der Waals surface area contributed by atoms with Gasteiger partial charge in [0.25, 0.3) is 0 Å². The van der Waals surface area contributed by atoms with Crippen LogP contribution in [0.2, 0.25) is 0 Å². The molecule has 0 radical (unpaired) electrons. The minimum atomic E-state index is 0.172. The number of piperidine rings is 1. The van der Waals surface area contributed by atoms with Crippen LogP contribution < -0.4 is 0 Å². The molecule has 0 spiro atoms. The molecule has 1 fully saturated rings. The maximum Gasteiger partial charge on any atom is 0.227 e. The largest absolute Gasteiger partial charge is 0.383 e. The van der Waals surface area contributed by atoms with Crippen molar-refractivity contribution in [3.8, 4) is 0 Å². The Kier molecular flexibility index (Phi) is 7.13. The molecule has 30 heavy (non-hydrogen) atoms. The smallest absolute Gasteiger partial charge is 0.227 e. The fraction of sp³-hybridized carbons (Fsp3) is 0.520. The number of rotatable bonds is 8. The SMILES string of the molecule is COCCN(C[C@@H]1CCCN(C2Cc3ccccc3C2)C1)C(=O)Cc1cccnc1. The zero-order valence-electron chi connectivity index (χ0n) is 18.0. The fourth-order valence-corrected chi connectivity index (χ4v) is 4.99. The second-order valence-electron chi connectivity index (χ2n) is 8.70. The van der Waals surface area contributed by atoms with Gasteiger partial charge in [-0.2, -0.15) is 0 Å². The first kappa shape index (κ1) is 21.0. The van der Waals surface area contributed by atoms with E-state index in [1.54, 1.807) is 19.5 Å². The lowest BCUT2D eigenvalue weighted by atomic mass is 9.95. The third-order valence-electron chi connectivity index (χ3n) is 6.57. The van der Waals surface area contributed by atoms with Crippen molar-refractivity contribution in [2.75, 3.05) is 39.9 Å². The normalized spacial score (nSPS) is 19.6. The molecule has 1 aromatic carbocycles. The molecule has 1 aromatic heterocycles. The Morgan fingerprint density at radius 2 is 2.00 bits per heavy atom. The molecule has 1 saturated heterocycles. The van der Waals surface area contributed by atoms with E-state index in [0.717, 1.165) is 31.5 Å². The average molecular weight is 408 g/mol. The Hall–Kier alpha value is -2.24. The summed E-state index contributed by atoms with van der Waals surface area (Å²) in [5.41, 5.74) is 4.00. The highest BCUT2D eigenvalue weighted by molar-refractivity contribution is 5.78. The van der Waals surface area contributed by atoms with Crippen LogP contribution >= 0.6 is 0 Å². The van der Waals surface area contributed by atoms with Crippen LogP contribution in [-0.4, -0.2) is 66.6 Å². The highest BCUT2D eigenvalue weighted by atomic mass is 16.5. The number of carbonyl (C=O) groups excluding carboxylic acids is 1. The summed E-state index contributed by atoms with van der Waals surface area (Å²) in [6.45, 7) is 4.31. The quantitative estimate of drug-likeness (QED) is 0.675. The van der Waals surface area contributed by atoms with E-state index in [1.807, 2.05) is 17.0 Å². The minimum Gasteiger partial charge on any atom is -0.383 e.